The number of phenols is 2. The number of aromatic hydroxyl groups is 2. The minimum atomic E-state index is -1.05. The van der Waals surface area contributed by atoms with Crippen molar-refractivity contribution in [1.82, 2.24) is 4.98 Å². The van der Waals surface area contributed by atoms with Crippen molar-refractivity contribution in [2.75, 3.05) is 7.11 Å². The van der Waals surface area contributed by atoms with Gasteiger partial charge in [0.25, 0.3) is 0 Å². The van der Waals surface area contributed by atoms with Crippen LogP contribution in [0.5, 0.6) is 17.2 Å². The van der Waals surface area contributed by atoms with Crippen molar-refractivity contribution in [2.24, 2.45) is 0 Å². The predicted octanol–water partition coefficient (Wildman–Crippen LogP) is 4.39. The zero-order chi connectivity index (χ0) is 20.7. The van der Waals surface area contributed by atoms with E-state index < -0.39 is 5.97 Å². The Morgan fingerprint density at radius 3 is 2.46 bits per heavy atom. The lowest BCUT2D eigenvalue weighted by Gasteiger charge is -2.15. The number of aromatic nitrogens is 1. The monoisotopic (exact) mass is 385 g/mol. The highest BCUT2D eigenvalue weighted by atomic mass is 16.5. The Morgan fingerprint density at radius 2 is 1.86 bits per heavy atom. The summed E-state index contributed by atoms with van der Waals surface area (Å²) in [5, 5.41) is 30.3. The van der Waals surface area contributed by atoms with Crippen molar-refractivity contribution in [3.63, 3.8) is 0 Å². The van der Waals surface area contributed by atoms with Crippen molar-refractivity contribution in [3.8, 4) is 17.2 Å². The van der Waals surface area contributed by atoms with Gasteiger partial charge in [0.1, 0.15) is 5.75 Å². The third kappa shape index (κ3) is 5.03. The molecule has 1 heterocycles. The predicted molar refractivity (Wildman–Crippen MR) is 108 cm³/mol. The van der Waals surface area contributed by atoms with Gasteiger partial charge in [-0.25, -0.2) is 4.79 Å². The van der Waals surface area contributed by atoms with Crippen molar-refractivity contribution < 1.29 is 24.9 Å². The molecule has 0 radical (unpaired) electrons. The zero-order valence-corrected chi connectivity index (χ0v) is 16.5. The van der Waals surface area contributed by atoms with Crippen LogP contribution in [0.3, 0.4) is 0 Å². The molecule has 0 saturated heterocycles. The van der Waals surface area contributed by atoms with Gasteiger partial charge in [-0.3, -0.25) is 4.98 Å². The van der Waals surface area contributed by atoms with Gasteiger partial charge in [-0.2, -0.15) is 0 Å². The number of hydrogen-bond donors (Lipinski definition) is 3. The van der Waals surface area contributed by atoms with Gasteiger partial charge in [-0.15, -0.1) is 0 Å². The summed E-state index contributed by atoms with van der Waals surface area (Å²) < 4.78 is 5.21. The van der Waals surface area contributed by atoms with Crippen molar-refractivity contribution in [3.05, 3.63) is 52.4 Å². The van der Waals surface area contributed by atoms with Crippen LogP contribution in [0.2, 0.25) is 0 Å². The molecule has 0 atom stereocenters. The lowest BCUT2D eigenvalue weighted by Crippen LogP contribution is -2.02. The molecule has 1 aromatic carbocycles. The molecule has 0 saturated carbocycles. The number of ether oxygens (including phenoxy) is 1. The Morgan fingerprint density at radius 1 is 1.14 bits per heavy atom. The van der Waals surface area contributed by atoms with Crippen molar-refractivity contribution in [1.29, 1.82) is 0 Å². The van der Waals surface area contributed by atoms with Crippen LogP contribution in [0.25, 0.3) is 6.08 Å². The topological polar surface area (TPSA) is 99.9 Å². The maximum atomic E-state index is 11.7. The third-order valence-electron chi connectivity index (χ3n) is 4.92. The molecule has 0 aliphatic rings. The van der Waals surface area contributed by atoms with Gasteiger partial charge in [-0.1, -0.05) is 12.5 Å². The average Bonchev–Trinajstić information content (AvgIpc) is 2.69. The van der Waals surface area contributed by atoms with E-state index in [-0.39, 0.29) is 28.4 Å². The number of rotatable bonds is 9. The number of aryl methyl sites for hydroxylation is 1. The largest absolute Gasteiger partial charge is 0.507 e. The van der Waals surface area contributed by atoms with Gasteiger partial charge >= 0.3 is 5.97 Å². The van der Waals surface area contributed by atoms with Gasteiger partial charge < -0.3 is 20.1 Å². The van der Waals surface area contributed by atoms with E-state index in [9.17, 15) is 20.1 Å². The summed E-state index contributed by atoms with van der Waals surface area (Å²) in [6, 6.07) is 3.93. The van der Waals surface area contributed by atoms with E-state index in [1.807, 2.05) is 18.3 Å². The van der Waals surface area contributed by atoms with E-state index in [0.29, 0.717) is 24.0 Å². The molecule has 6 heteroatoms. The molecule has 3 N–H and O–H groups in total. The number of phenolic OH excluding ortho intramolecular Hbond substituents is 2. The van der Waals surface area contributed by atoms with E-state index in [1.165, 1.54) is 13.2 Å². The van der Waals surface area contributed by atoms with E-state index in [0.717, 1.165) is 24.8 Å². The first kappa shape index (κ1) is 21.3. The number of hydrogen-bond acceptors (Lipinski definition) is 5. The van der Waals surface area contributed by atoms with Gasteiger partial charge in [0.2, 0.25) is 0 Å². The summed E-state index contributed by atoms with van der Waals surface area (Å²) in [5.41, 5.74) is 2.51. The van der Waals surface area contributed by atoms with Gasteiger partial charge in [0, 0.05) is 23.5 Å². The molecule has 1 aromatic heterocycles. The zero-order valence-electron chi connectivity index (χ0n) is 16.5. The molecule has 2 aromatic rings. The number of pyridine rings is 1. The van der Waals surface area contributed by atoms with Crippen LogP contribution in [0.4, 0.5) is 0 Å². The molecular formula is C22H27NO5. The van der Waals surface area contributed by atoms with Crippen LogP contribution < -0.4 is 4.74 Å². The summed E-state index contributed by atoms with van der Waals surface area (Å²) >= 11 is 0. The smallest absolute Gasteiger partial charge is 0.331 e. The fourth-order valence-electron chi connectivity index (χ4n) is 3.09. The van der Waals surface area contributed by atoms with E-state index in [4.69, 9.17) is 4.74 Å². The standard InChI is InChI=1S/C22H27NO5/c1-14-15(2)20(25)21(28-3)18(19(14)24)12-17(22(26)27)10-6-4-5-8-16-9-7-11-23-13-16/h7,9,11-13,24-25H,4-6,8,10H2,1-3H3,(H,26,27)/b17-12+. The van der Waals surface area contributed by atoms with Crippen molar-refractivity contribution in [2.45, 2.75) is 46.0 Å². The highest BCUT2D eigenvalue weighted by Crippen LogP contribution is 2.43. The number of carboxylic acid groups (broad SMARTS) is 1. The molecule has 0 aliphatic heterocycles. The second kappa shape index (κ2) is 9.78. The number of unbranched alkanes of at least 4 members (excludes halogenated alkanes) is 2. The highest BCUT2D eigenvalue weighted by molar-refractivity contribution is 5.93. The first-order valence-corrected chi connectivity index (χ1v) is 9.28. The maximum absolute atomic E-state index is 11.7. The lowest BCUT2D eigenvalue weighted by atomic mass is 9.97. The second-order valence-electron chi connectivity index (χ2n) is 6.79. The Bertz CT molecular complexity index is 859. The molecule has 0 spiro atoms. The molecule has 0 bridgehead atoms. The Hall–Kier alpha value is -3.02. The molecular weight excluding hydrogens is 358 g/mol. The number of benzene rings is 1. The van der Waals surface area contributed by atoms with Crippen LogP contribution in [0.1, 0.15) is 47.9 Å². The Balaban J connectivity index is 2.11. The number of methoxy groups -OCH3 is 1. The maximum Gasteiger partial charge on any atom is 0.331 e. The lowest BCUT2D eigenvalue weighted by molar-refractivity contribution is -0.132. The summed E-state index contributed by atoms with van der Waals surface area (Å²) in [4.78, 5) is 15.8. The molecule has 0 amide bonds. The first-order valence-electron chi connectivity index (χ1n) is 9.28. The normalized spacial score (nSPS) is 11.5. The van der Waals surface area contributed by atoms with Gasteiger partial charge in [0.15, 0.2) is 11.5 Å². The van der Waals surface area contributed by atoms with Gasteiger partial charge in [0.05, 0.1) is 12.7 Å². The molecule has 0 fully saturated rings. The van der Waals surface area contributed by atoms with E-state index in [1.54, 1.807) is 20.0 Å². The van der Waals surface area contributed by atoms with E-state index in [2.05, 4.69) is 4.98 Å². The average molecular weight is 385 g/mol. The highest BCUT2D eigenvalue weighted by Gasteiger charge is 2.20. The molecule has 6 nitrogen and oxygen atoms in total. The SMILES string of the molecule is COc1c(O)c(C)c(C)c(O)c1/C=C(\CCCCCc1cccnc1)C(=O)O. The van der Waals surface area contributed by atoms with Crippen LogP contribution in [0, 0.1) is 13.8 Å². The fraction of sp³-hybridized carbons (Fsp3) is 0.364. The third-order valence-corrected chi connectivity index (χ3v) is 4.92. The molecule has 0 unspecified atom stereocenters. The summed E-state index contributed by atoms with van der Waals surface area (Å²) in [6.07, 6.45) is 8.75. The first-order chi connectivity index (χ1) is 13.4. The second-order valence-corrected chi connectivity index (χ2v) is 6.79. The molecule has 150 valence electrons. The van der Waals surface area contributed by atoms with Crippen LogP contribution >= 0.6 is 0 Å². The van der Waals surface area contributed by atoms with Crippen LogP contribution in [-0.4, -0.2) is 33.4 Å². The van der Waals surface area contributed by atoms with E-state index >= 15 is 0 Å². The van der Waals surface area contributed by atoms with Crippen molar-refractivity contribution >= 4 is 12.0 Å². The minimum absolute atomic E-state index is 0.0796. The number of carboxylic acids is 1. The molecule has 2 rings (SSSR count). The minimum Gasteiger partial charge on any atom is -0.507 e. The number of nitrogens with zero attached hydrogens (tertiary/aromatic N) is 1. The fourth-order valence-corrected chi connectivity index (χ4v) is 3.09. The Labute approximate surface area is 165 Å². The number of aliphatic carboxylic acids is 1. The molecule has 0 aliphatic carbocycles. The Kier molecular flexibility index (Phi) is 7.44. The van der Waals surface area contributed by atoms with Gasteiger partial charge in [-0.05, 0) is 62.8 Å². The van der Waals surface area contributed by atoms with Crippen LogP contribution in [-0.2, 0) is 11.2 Å². The molecule has 28 heavy (non-hydrogen) atoms. The summed E-state index contributed by atoms with van der Waals surface area (Å²) in [7, 11) is 1.37. The van der Waals surface area contributed by atoms with Crippen LogP contribution in [0.15, 0.2) is 30.1 Å². The number of carbonyl (C=O) groups is 1. The quantitative estimate of drug-likeness (QED) is 0.336. The summed E-state index contributed by atoms with van der Waals surface area (Å²) in [6.45, 7) is 3.33. The summed E-state index contributed by atoms with van der Waals surface area (Å²) in [5.74, 6) is -1.14.